The second-order valence-corrected chi connectivity index (χ2v) is 8.06. The first-order chi connectivity index (χ1) is 13.2. The molecule has 0 radical (unpaired) electrons. The van der Waals surface area contributed by atoms with Crippen LogP contribution >= 0.6 is 11.3 Å². The van der Waals surface area contributed by atoms with Gasteiger partial charge < -0.3 is 14.2 Å². The molecule has 4 rings (SSSR count). The molecule has 0 bridgehead atoms. The highest BCUT2D eigenvalue weighted by molar-refractivity contribution is 7.07. The van der Waals surface area contributed by atoms with Crippen molar-refractivity contribution in [3.63, 3.8) is 0 Å². The van der Waals surface area contributed by atoms with Crippen LogP contribution in [0.4, 0.5) is 0 Å². The van der Waals surface area contributed by atoms with E-state index < -0.39 is 0 Å². The lowest BCUT2D eigenvalue weighted by molar-refractivity contribution is -0.138. The number of carbonyl (C=O) groups excluding carboxylic acids is 2. The molecule has 2 aliphatic heterocycles. The van der Waals surface area contributed by atoms with E-state index in [1.54, 1.807) is 28.4 Å². The zero-order valence-corrected chi connectivity index (χ0v) is 16.2. The molecule has 0 saturated carbocycles. The summed E-state index contributed by atoms with van der Waals surface area (Å²) in [4.78, 5) is 31.4. The lowest BCUT2D eigenvalue weighted by Crippen LogP contribution is -2.51. The monoisotopic (exact) mass is 387 g/mol. The van der Waals surface area contributed by atoms with Crippen LogP contribution in [0.1, 0.15) is 29.0 Å². The molecule has 0 atom stereocenters. The average molecular weight is 388 g/mol. The summed E-state index contributed by atoms with van der Waals surface area (Å²) in [6.45, 7) is 5.67. The minimum Gasteiger partial charge on any atom is -0.459 e. The SMILES string of the molecule is O=C(c1ccco1)N1CCC(C(=O)N2CCN(Cc3ccsc3)CC2)CC1. The van der Waals surface area contributed by atoms with Crippen LogP contribution < -0.4 is 0 Å². The van der Waals surface area contributed by atoms with Crippen molar-refractivity contribution < 1.29 is 14.0 Å². The number of carbonyl (C=O) groups is 2. The third kappa shape index (κ3) is 4.25. The molecule has 27 heavy (non-hydrogen) atoms. The van der Waals surface area contributed by atoms with Gasteiger partial charge in [0.2, 0.25) is 5.91 Å². The number of amides is 2. The highest BCUT2D eigenvalue weighted by Gasteiger charge is 2.32. The molecule has 4 heterocycles. The Morgan fingerprint density at radius 2 is 1.81 bits per heavy atom. The molecule has 7 heteroatoms. The van der Waals surface area contributed by atoms with Crippen molar-refractivity contribution in [3.05, 3.63) is 46.5 Å². The molecule has 0 aromatic carbocycles. The maximum absolute atomic E-state index is 12.9. The molecular formula is C20H25N3O3S. The summed E-state index contributed by atoms with van der Waals surface area (Å²) in [6, 6.07) is 5.58. The van der Waals surface area contributed by atoms with E-state index in [9.17, 15) is 9.59 Å². The lowest BCUT2D eigenvalue weighted by atomic mass is 9.94. The number of hydrogen-bond donors (Lipinski definition) is 0. The smallest absolute Gasteiger partial charge is 0.289 e. The first kappa shape index (κ1) is 18.3. The van der Waals surface area contributed by atoms with Crippen molar-refractivity contribution in [2.45, 2.75) is 19.4 Å². The van der Waals surface area contributed by atoms with E-state index in [0.29, 0.717) is 18.8 Å². The summed E-state index contributed by atoms with van der Waals surface area (Å²) in [7, 11) is 0. The minimum atomic E-state index is -0.0760. The van der Waals surface area contributed by atoms with E-state index in [4.69, 9.17) is 4.42 Å². The number of piperazine rings is 1. The zero-order valence-electron chi connectivity index (χ0n) is 15.4. The third-order valence-corrected chi connectivity index (χ3v) is 6.27. The van der Waals surface area contributed by atoms with Gasteiger partial charge in [-0.25, -0.2) is 0 Å². The van der Waals surface area contributed by atoms with Gasteiger partial charge >= 0.3 is 0 Å². The van der Waals surface area contributed by atoms with E-state index in [2.05, 4.69) is 21.7 Å². The number of likely N-dealkylation sites (tertiary alicyclic amines) is 1. The fourth-order valence-corrected chi connectivity index (χ4v) is 4.57. The van der Waals surface area contributed by atoms with Crippen LogP contribution in [-0.2, 0) is 11.3 Å². The second-order valence-electron chi connectivity index (χ2n) is 7.28. The summed E-state index contributed by atoms with van der Waals surface area (Å²) >= 11 is 1.73. The number of nitrogens with zero attached hydrogens (tertiary/aromatic N) is 3. The number of hydrogen-bond acceptors (Lipinski definition) is 5. The molecule has 2 fully saturated rings. The van der Waals surface area contributed by atoms with Gasteiger partial charge in [0.15, 0.2) is 5.76 Å². The van der Waals surface area contributed by atoms with Gasteiger partial charge in [-0.3, -0.25) is 14.5 Å². The maximum Gasteiger partial charge on any atom is 0.289 e. The van der Waals surface area contributed by atoms with Crippen molar-refractivity contribution in [3.8, 4) is 0 Å². The Bertz CT molecular complexity index is 744. The van der Waals surface area contributed by atoms with Crippen molar-refractivity contribution in [2.24, 2.45) is 5.92 Å². The highest BCUT2D eigenvalue weighted by Crippen LogP contribution is 2.22. The standard InChI is InChI=1S/C20H25N3O3S/c24-19(23-10-8-21(9-11-23)14-16-5-13-27-15-16)17-3-6-22(7-4-17)20(25)18-2-1-12-26-18/h1-2,5,12-13,15,17H,3-4,6-11,14H2. The van der Waals surface area contributed by atoms with Gasteiger partial charge in [-0.15, -0.1) is 0 Å². The van der Waals surface area contributed by atoms with E-state index in [-0.39, 0.29) is 17.7 Å². The van der Waals surface area contributed by atoms with Crippen LogP contribution in [0.3, 0.4) is 0 Å². The van der Waals surface area contributed by atoms with E-state index in [0.717, 1.165) is 45.6 Å². The first-order valence-corrected chi connectivity index (χ1v) is 10.5. The first-order valence-electron chi connectivity index (χ1n) is 9.56. The quantitative estimate of drug-likeness (QED) is 0.809. The minimum absolute atomic E-state index is 0.0362. The predicted molar refractivity (Wildman–Crippen MR) is 104 cm³/mol. The van der Waals surface area contributed by atoms with Crippen LogP contribution in [0, 0.1) is 5.92 Å². The van der Waals surface area contributed by atoms with Crippen molar-refractivity contribution in [1.82, 2.24) is 14.7 Å². The Balaban J connectivity index is 1.23. The number of piperidine rings is 1. The van der Waals surface area contributed by atoms with Crippen LogP contribution in [0.25, 0.3) is 0 Å². The van der Waals surface area contributed by atoms with Crippen LogP contribution in [0.2, 0.25) is 0 Å². The molecule has 2 aromatic rings. The molecule has 0 spiro atoms. The van der Waals surface area contributed by atoms with Gasteiger partial charge in [-0.05, 0) is 47.4 Å². The van der Waals surface area contributed by atoms with Crippen LogP contribution in [-0.4, -0.2) is 65.8 Å². The molecular weight excluding hydrogens is 362 g/mol. The predicted octanol–water partition coefficient (Wildman–Crippen LogP) is 2.54. The summed E-state index contributed by atoms with van der Waals surface area (Å²) in [5, 5.41) is 4.30. The Kier molecular flexibility index (Phi) is 5.59. The topological polar surface area (TPSA) is 57.0 Å². The second kappa shape index (κ2) is 8.27. The number of rotatable bonds is 4. The van der Waals surface area contributed by atoms with Crippen LogP contribution in [0.15, 0.2) is 39.6 Å². The van der Waals surface area contributed by atoms with Crippen molar-refractivity contribution >= 4 is 23.2 Å². The van der Waals surface area contributed by atoms with Crippen molar-refractivity contribution in [2.75, 3.05) is 39.3 Å². The molecule has 2 amide bonds. The maximum atomic E-state index is 12.9. The Morgan fingerprint density at radius 3 is 2.44 bits per heavy atom. The summed E-state index contributed by atoms with van der Waals surface area (Å²) in [6.07, 6.45) is 2.99. The Hall–Kier alpha value is -2.12. The normalized spacial score (nSPS) is 19.4. The summed E-state index contributed by atoms with van der Waals surface area (Å²) < 4.78 is 5.20. The van der Waals surface area contributed by atoms with Gasteiger partial charge in [0, 0.05) is 51.7 Å². The van der Waals surface area contributed by atoms with Gasteiger partial charge in [0.1, 0.15) is 0 Å². The molecule has 2 aromatic heterocycles. The molecule has 0 unspecified atom stereocenters. The number of thiophene rings is 1. The van der Waals surface area contributed by atoms with Gasteiger partial charge in [0.25, 0.3) is 5.91 Å². The van der Waals surface area contributed by atoms with Gasteiger partial charge in [-0.2, -0.15) is 11.3 Å². The molecule has 144 valence electrons. The van der Waals surface area contributed by atoms with Gasteiger partial charge in [0.05, 0.1) is 6.26 Å². The third-order valence-electron chi connectivity index (χ3n) is 5.53. The molecule has 2 aliphatic rings. The zero-order chi connectivity index (χ0) is 18.6. The summed E-state index contributed by atoms with van der Waals surface area (Å²) in [5.74, 6) is 0.596. The fraction of sp³-hybridized carbons (Fsp3) is 0.500. The lowest BCUT2D eigenvalue weighted by Gasteiger charge is -2.38. The fourth-order valence-electron chi connectivity index (χ4n) is 3.91. The molecule has 6 nitrogen and oxygen atoms in total. The molecule has 0 N–H and O–H groups in total. The molecule has 2 saturated heterocycles. The van der Waals surface area contributed by atoms with Gasteiger partial charge in [-0.1, -0.05) is 0 Å². The Morgan fingerprint density at radius 1 is 1.04 bits per heavy atom. The van der Waals surface area contributed by atoms with Crippen LogP contribution in [0.5, 0.6) is 0 Å². The number of furan rings is 1. The average Bonchev–Trinajstić information content (AvgIpc) is 3.42. The van der Waals surface area contributed by atoms with E-state index in [1.807, 2.05) is 4.90 Å². The van der Waals surface area contributed by atoms with Crippen molar-refractivity contribution in [1.29, 1.82) is 0 Å². The largest absolute Gasteiger partial charge is 0.459 e. The highest BCUT2D eigenvalue weighted by atomic mass is 32.1. The van der Waals surface area contributed by atoms with E-state index in [1.165, 1.54) is 11.8 Å². The molecule has 0 aliphatic carbocycles. The van der Waals surface area contributed by atoms with E-state index >= 15 is 0 Å². The Labute approximate surface area is 163 Å². The summed E-state index contributed by atoms with van der Waals surface area (Å²) in [5.41, 5.74) is 1.35.